The smallest absolute Gasteiger partial charge is 0.246 e. The second kappa shape index (κ2) is 10.9. The van der Waals surface area contributed by atoms with Gasteiger partial charge < -0.3 is 9.64 Å². The molecule has 0 unspecified atom stereocenters. The van der Waals surface area contributed by atoms with Crippen LogP contribution in [0.5, 0.6) is 0 Å². The van der Waals surface area contributed by atoms with Crippen LogP contribution in [0.4, 0.5) is 0 Å². The molecule has 1 aliphatic heterocycles. The molecule has 0 saturated carbocycles. The van der Waals surface area contributed by atoms with Crippen molar-refractivity contribution in [1.82, 2.24) is 14.7 Å². The van der Waals surface area contributed by atoms with Crippen LogP contribution in [0, 0.1) is 11.3 Å². The Bertz CT molecular complexity index is 1080. The summed E-state index contributed by atoms with van der Waals surface area (Å²) in [6.07, 6.45) is 7.39. The van der Waals surface area contributed by atoms with Crippen LogP contribution in [-0.2, 0) is 16.1 Å². The van der Waals surface area contributed by atoms with E-state index in [-0.39, 0.29) is 11.9 Å². The lowest BCUT2D eigenvalue weighted by molar-refractivity contribution is -0.130. The first-order chi connectivity index (χ1) is 15.7. The van der Waals surface area contributed by atoms with Crippen molar-refractivity contribution in [2.75, 3.05) is 19.8 Å². The minimum Gasteiger partial charge on any atom is -0.381 e. The second-order valence-electron chi connectivity index (χ2n) is 7.71. The lowest BCUT2D eigenvalue weighted by Gasteiger charge is -2.33. The molecule has 0 spiro atoms. The SMILES string of the molecule is N#CCCN(C(=O)/C=C/c1cn(Cc2ccccc2)nc1-c1cccs1)C1CCOCC1. The number of rotatable bonds is 8. The van der Waals surface area contributed by atoms with Gasteiger partial charge >= 0.3 is 0 Å². The molecular weight excluding hydrogens is 420 g/mol. The molecule has 4 rings (SSSR count). The predicted molar refractivity (Wildman–Crippen MR) is 126 cm³/mol. The number of carbonyl (C=O) groups is 1. The van der Waals surface area contributed by atoms with Crippen LogP contribution in [0.1, 0.15) is 30.4 Å². The third-order valence-electron chi connectivity index (χ3n) is 5.52. The van der Waals surface area contributed by atoms with Gasteiger partial charge in [-0.1, -0.05) is 36.4 Å². The van der Waals surface area contributed by atoms with Crippen LogP contribution >= 0.6 is 11.3 Å². The molecule has 0 atom stereocenters. The fraction of sp³-hybridized carbons (Fsp3) is 0.320. The van der Waals surface area contributed by atoms with Crippen molar-refractivity contribution in [2.24, 2.45) is 0 Å². The van der Waals surface area contributed by atoms with Gasteiger partial charge in [0.15, 0.2) is 0 Å². The number of thiophene rings is 1. The van der Waals surface area contributed by atoms with E-state index in [0.717, 1.165) is 29.0 Å². The second-order valence-corrected chi connectivity index (χ2v) is 8.66. The summed E-state index contributed by atoms with van der Waals surface area (Å²) in [7, 11) is 0. The van der Waals surface area contributed by atoms with Crippen molar-refractivity contribution < 1.29 is 9.53 Å². The van der Waals surface area contributed by atoms with E-state index in [4.69, 9.17) is 15.1 Å². The van der Waals surface area contributed by atoms with E-state index in [9.17, 15) is 4.79 Å². The highest BCUT2D eigenvalue weighted by Gasteiger charge is 2.24. The molecule has 164 valence electrons. The first-order valence-corrected chi connectivity index (χ1v) is 11.7. The molecule has 1 saturated heterocycles. The fourth-order valence-corrected chi connectivity index (χ4v) is 4.64. The standard InChI is InChI=1S/C25H26N4O2S/c26-13-5-14-29(22-11-15-31-16-12-22)24(30)10-9-21-19-28(18-20-6-2-1-3-7-20)27-25(21)23-8-4-17-32-23/h1-4,6-10,17,19,22H,5,11-12,14-16,18H2/b10-9+. The summed E-state index contributed by atoms with van der Waals surface area (Å²) in [6.45, 7) is 2.41. The van der Waals surface area contributed by atoms with Crippen LogP contribution < -0.4 is 0 Å². The molecule has 0 N–H and O–H groups in total. The van der Waals surface area contributed by atoms with Crippen molar-refractivity contribution in [3.05, 3.63) is 71.2 Å². The molecule has 0 radical (unpaired) electrons. The molecule has 1 aromatic carbocycles. The van der Waals surface area contributed by atoms with E-state index in [1.54, 1.807) is 17.4 Å². The highest BCUT2D eigenvalue weighted by molar-refractivity contribution is 7.13. The maximum Gasteiger partial charge on any atom is 0.246 e. The average Bonchev–Trinajstić information content (AvgIpc) is 3.49. The van der Waals surface area contributed by atoms with Gasteiger partial charge in [-0.05, 0) is 35.9 Å². The highest BCUT2D eigenvalue weighted by Crippen LogP contribution is 2.28. The summed E-state index contributed by atoms with van der Waals surface area (Å²) >= 11 is 1.63. The van der Waals surface area contributed by atoms with Crippen molar-refractivity contribution in [3.8, 4) is 16.6 Å². The molecule has 7 heteroatoms. The Hall–Kier alpha value is -3.21. The number of aromatic nitrogens is 2. The van der Waals surface area contributed by atoms with E-state index in [2.05, 4.69) is 18.2 Å². The van der Waals surface area contributed by atoms with E-state index in [1.807, 2.05) is 57.6 Å². The normalized spacial score (nSPS) is 14.5. The van der Waals surface area contributed by atoms with E-state index in [0.29, 0.717) is 32.7 Å². The van der Waals surface area contributed by atoms with E-state index < -0.39 is 0 Å². The summed E-state index contributed by atoms with van der Waals surface area (Å²) in [5.74, 6) is -0.0694. The number of hydrogen-bond donors (Lipinski definition) is 0. The average molecular weight is 447 g/mol. The molecule has 0 aliphatic carbocycles. The summed E-state index contributed by atoms with van der Waals surface area (Å²) in [5, 5.41) is 15.9. The molecule has 3 heterocycles. The molecule has 1 amide bonds. The topological polar surface area (TPSA) is 71.2 Å². The van der Waals surface area contributed by atoms with Crippen molar-refractivity contribution in [3.63, 3.8) is 0 Å². The number of ether oxygens (including phenoxy) is 1. The minimum absolute atomic E-state index is 0.0694. The van der Waals surface area contributed by atoms with Gasteiger partial charge in [0.05, 0.1) is 23.9 Å². The number of amides is 1. The van der Waals surface area contributed by atoms with Crippen LogP contribution in [0.3, 0.4) is 0 Å². The number of nitrogens with zero attached hydrogens (tertiary/aromatic N) is 4. The Labute approximate surface area is 192 Å². The Kier molecular flexibility index (Phi) is 7.49. The molecule has 0 bridgehead atoms. The number of nitriles is 1. The minimum atomic E-state index is -0.0694. The molecule has 1 fully saturated rings. The highest BCUT2D eigenvalue weighted by atomic mass is 32.1. The lowest BCUT2D eigenvalue weighted by Crippen LogP contribution is -2.43. The van der Waals surface area contributed by atoms with Gasteiger partial charge in [0.1, 0.15) is 5.69 Å². The Balaban J connectivity index is 1.57. The first kappa shape index (κ1) is 22.0. The zero-order valence-electron chi connectivity index (χ0n) is 17.9. The first-order valence-electron chi connectivity index (χ1n) is 10.8. The van der Waals surface area contributed by atoms with Crippen LogP contribution in [0.15, 0.2) is 60.1 Å². The zero-order chi connectivity index (χ0) is 22.2. The Morgan fingerprint density at radius 2 is 2.06 bits per heavy atom. The molecule has 3 aromatic rings. The Morgan fingerprint density at radius 3 is 2.78 bits per heavy atom. The van der Waals surface area contributed by atoms with Gasteiger partial charge in [0.25, 0.3) is 0 Å². The quantitative estimate of drug-likeness (QED) is 0.474. The number of hydrogen-bond acceptors (Lipinski definition) is 5. The summed E-state index contributed by atoms with van der Waals surface area (Å²) in [4.78, 5) is 16.0. The van der Waals surface area contributed by atoms with Gasteiger partial charge in [0, 0.05) is 43.6 Å². The monoisotopic (exact) mass is 446 g/mol. The third kappa shape index (κ3) is 5.52. The number of benzene rings is 1. The maximum atomic E-state index is 13.1. The summed E-state index contributed by atoms with van der Waals surface area (Å²) in [5.41, 5.74) is 2.94. The van der Waals surface area contributed by atoms with Gasteiger partial charge in [-0.2, -0.15) is 10.4 Å². The van der Waals surface area contributed by atoms with Crippen molar-refractivity contribution in [2.45, 2.75) is 31.8 Å². The van der Waals surface area contributed by atoms with Crippen LogP contribution in [0.25, 0.3) is 16.6 Å². The fourth-order valence-electron chi connectivity index (χ4n) is 3.91. The summed E-state index contributed by atoms with van der Waals surface area (Å²) in [6, 6.07) is 16.5. The molecular formula is C25H26N4O2S. The summed E-state index contributed by atoms with van der Waals surface area (Å²) < 4.78 is 7.36. The largest absolute Gasteiger partial charge is 0.381 e. The van der Waals surface area contributed by atoms with Crippen LogP contribution in [0.2, 0.25) is 0 Å². The zero-order valence-corrected chi connectivity index (χ0v) is 18.7. The Morgan fingerprint density at radius 1 is 1.25 bits per heavy atom. The van der Waals surface area contributed by atoms with Gasteiger partial charge in [-0.25, -0.2) is 0 Å². The van der Waals surface area contributed by atoms with Gasteiger partial charge in [-0.3, -0.25) is 9.48 Å². The molecule has 1 aliphatic rings. The molecule has 32 heavy (non-hydrogen) atoms. The third-order valence-corrected chi connectivity index (χ3v) is 6.39. The number of carbonyl (C=O) groups excluding carboxylic acids is 1. The van der Waals surface area contributed by atoms with E-state index in [1.165, 1.54) is 5.56 Å². The molecule has 6 nitrogen and oxygen atoms in total. The molecule has 2 aromatic heterocycles. The van der Waals surface area contributed by atoms with Crippen LogP contribution in [-0.4, -0.2) is 46.4 Å². The van der Waals surface area contributed by atoms with Gasteiger partial charge in [0.2, 0.25) is 5.91 Å². The van der Waals surface area contributed by atoms with Gasteiger partial charge in [-0.15, -0.1) is 11.3 Å². The predicted octanol–water partition coefficient (Wildman–Crippen LogP) is 4.59. The van der Waals surface area contributed by atoms with Crippen molar-refractivity contribution in [1.29, 1.82) is 5.26 Å². The van der Waals surface area contributed by atoms with E-state index >= 15 is 0 Å². The maximum absolute atomic E-state index is 13.1. The lowest BCUT2D eigenvalue weighted by atomic mass is 10.1. The van der Waals surface area contributed by atoms with Crippen molar-refractivity contribution >= 4 is 23.3 Å².